The standard InChI is InChI=1S/C15H19N5/c1-2-20-12-13(11-18-20)10-17-14-6-5-7-16-15(14)19-8-3-4-9-19/h2,5-7,11-12,17H,1,3-4,8-10H2. The Kier molecular flexibility index (Phi) is 3.67. The summed E-state index contributed by atoms with van der Waals surface area (Å²) in [6.07, 6.45) is 9.86. The smallest absolute Gasteiger partial charge is 0.151 e. The average molecular weight is 269 g/mol. The molecule has 0 aromatic carbocycles. The Hall–Kier alpha value is -2.30. The van der Waals surface area contributed by atoms with Crippen molar-refractivity contribution in [3.63, 3.8) is 0 Å². The number of hydrogen-bond acceptors (Lipinski definition) is 4. The third-order valence-corrected chi connectivity index (χ3v) is 3.52. The Morgan fingerprint density at radius 2 is 2.20 bits per heavy atom. The van der Waals surface area contributed by atoms with Gasteiger partial charge in [-0.1, -0.05) is 6.58 Å². The molecule has 0 spiro atoms. The van der Waals surface area contributed by atoms with E-state index in [0.717, 1.165) is 36.7 Å². The van der Waals surface area contributed by atoms with Crippen LogP contribution in [0.3, 0.4) is 0 Å². The number of nitrogens with zero attached hydrogens (tertiary/aromatic N) is 4. The molecule has 3 rings (SSSR count). The van der Waals surface area contributed by atoms with E-state index in [9.17, 15) is 0 Å². The van der Waals surface area contributed by atoms with Gasteiger partial charge in [0.15, 0.2) is 5.82 Å². The van der Waals surface area contributed by atoms with Crippen LogP contribution in [0.1, 0.15) is 18.4 Å². The zero-order valence-electron chi connectivity index (χ0n) is 11.5. The van der Waals surface area contributed by atoms with Gasteiger partial charge in [-0.2, -0.15) is 5.10 Å². The fourth-order valence-corrected chi connectivity index (χ4v) is 2.48. The first-order chi connectivity index (χ1) is 9.86. The minimum atomic E-state index is 0.736. The molecule has 1 saturated heterocycles. The van der Waals surface area contributed by atoms with Crippen molar-refractivity contribution in [2.75, 3.05) is 23.3 Å². The molecule has 3 heterocycles. The molecular formula is C15H19N5. The summed E-state index contributed by atoms with van der Waals surface area (Å²) in [4.78, 5) is 6.86. The highest BCUT2D eigenvalue weighted by molar-refractivity contribution is 5.65. The van der Waals surface area contributed by atoms with Crippen molar-refractivity contribution < 1.29 is 0 Å². The highest BCUT2D eigenvalue weighted by Crippen LogP contribution is 2.26. The van der Waals surface area contributed by atoms with Crippen LogP contribution in [-0.4, -0.2) is 27.9 Å². The lowest BCUT2D eigenvalue weighted by Crippen LogP contribution is -2.20. The largest absolute Gasteiger partial charge is 0.378 e. The van der Waals surface area contributed by atoms with Crippen molar-refractivity contribution in [1.82, 2.24) is 14.8 Å². The Morgan fingerprint density at radius 3 is 2.95 bits per heavy atom. The van der Waals surface area contributed by atoms with Gasteiger partial charge in [0.25, 0.3) is 0 Å². The molecule has 2 aromatic heterocycles. The second-order valence-corrected chi connectivity index (χ2v) is 4.93. The summed E-state index contributed by atoms with van der Waals surface area (Å²) >= 11 is 0. The van der Waals surface area contributed by atoms with Gasteiger partial charge in [-0.05, 0) is 25.0 Å². The molecule has 104 valence electrons. The molecule has 0 saturated carbocycles. The SMILES string of the molecule is C=Cn1cc(CNc2cccnc2N2CCCC2)cn1. The lowest BCUT2D eigenvalue weighted by molar-refractivity contribution is 0.933. The van der Waals surface area contributed by atoms with Crippen LogP contribution in [0.4, 0.5) is 11.5 Å². The average Bonchev–Trinajstić information content (AvgIpc) is 3.17. The van der Waals surface area contributed by atoms with Crippen LogP contribution in [0.25, 0.3) is 6.20 Å². The Labute approximate surface area is 118 Å². The quantitative estimate of drug-likeness (QED) is 0.906. The maximum absolute atomic E-state index is 4.52. The predicted octanol–water partition coefficient (Wildman–Crippen LogP) is 2.59. The third kappa shape index (κ3) is 2.66. The van der Waals surface area contributed by atoms with E-state index < -0.39 is 0 Å². The number of hydrogen-bond donors (Lipinski definition) is 1. The van der Waals surface area contributed by atoms with Gasteiger partial charge < -0.3 is 10.2 Å². The summed E-state index contributed by atoms with van der Waals surface area (Å²) in [5.41, 5.74) is 2.21. The van der Waals surface area contributed by atoms with Gasteiger partial charge in [-0.15, -0.1) is 0 Å². The molecule has 5 heteroatoms. The summed E-state index contributed by atoms with van der Waals surface area (Å²) in [6.45, 7) is 6.62. The minimum absolute atomic E-state index is 0.736. The molecule has 1 aliphatic rings. The molecule has 0 bridgehead atoms. The van der Waals surface area contributed by atoms with Crippen LogP contribution in [0, 0.1) is 0 Å². The van der Waals surface area contributed by atoms with E-state index in [0.29, 0.717) is 0 Å². The number of nitrogens with one attached hydrogen (secondary N) is 1. The van der Waals surface area contributed by atoms with Gasteiger partial charge >= 0.3 is 0 Å². The van der Waals surface area contributed by atoms with Crippen LogP contribution < -0.4 is 10.2 Å². The van der Waals surface area contributed by atoms with Crippen LogP contribution in [0.5, 0.6) is 0 Å². The maximum Gasteiger partial charge on any atom is 0.151 e. The van der Waals surface area contributed by atoms with E-state index in [1.54, 1.807) is 10.9 Å². The Morgan fingerprint density at radius 1 is 1.35 bits per heavy atom. The van der Waals surface area contributed by atoms with E-state index in [2.05, 4.69) is 32.9 Å². The van der Waals surface area contributed by atoms with E-state index in [1.807, 2.05) is 24.7 Å². The van der Waals surface area contributed by atoms with Crippen LogP contribution in [0.2, 0.25) is 0 Å². The Bertz CT molecular complexity index is 583. The fourth-order valence-electron chi connectivity index (χ4n) is 2.48. The highest BCUT2D eigenvalue weighted by atomic mass is 15.2. The minimum Gasteiger partial charge on any atom is -0.378 e. The third-order valence-electron chi connectivity index (χ3n) is 3.52. The maximum atomic E-state index is 4.52. The normalized spacial score (nSPS) is 14.5. The number of aromatic nitrogens is 3. The van der Waals surface area contributed by atoms with Crippen molar-refractivity contribution in [3.8, 4) is 0 Å². The molecule has 0 aliphatic carbocycles. The van der Waals surface area contributed by atoms with Gasteiger partial charge in [-0.25, -0.2) is 9.67 Å². The molecule has 2 aromatic rings. The van der Waals surface area contributed by atoms with E-state index in [1.165, 1.54) is 12.8 Å². The summed E-state index contributed by atoms with van der Waals surface area (Å²) in [5.74, 6) is 1.06. The zero-order valence-corrected chi connectivity index (χ0v) is 11.5. The second-order valence-electron chi connectivity index (χ2n) is 4.93. The van der Waals surface area contributed by atoms with Gasteiger partial charge in [-0.3, -0.25) is 0 Å². The molecule has 0 unspecified atom stereocenters. The summed E-state index contributed by atoms with van der Waals surface area (Å²) < 4.78 is 1.71. The summed E-state index contributed by atoms with van der Waals surface area (Å²) in [7, 11) is 0. The first-order valence-corrected chi connectivity index (χ1v) is 6.96. The molecule has 1 aliphatic heterocycles. The van der Waals surface area contributed by atoms with Crippen LogP contribution in [0.15, 0.2) is 37.3 Å². The van der Waals surface area contributed by atoms with Crippen molar-refractivity contribution in [1.29, 1.82) is 0 Å². The van der Waals surface area contributed by atoms with E-state index >= 15 is 0 Å². The zero-order chi connectivity index (χ0) is 13.8. The molecular weight excluding hydrogens is 250 g/mol. The van der Waals surface area contributed by atoms with Crippen LogP contribution >= 0.6 is 0 Å². The molecule has 5 nitrogen and oxygen atoms in total. The molecule has 0 radical (unpaired) electrons. The van der Waals surface area contributed by atoms with Crippen molar-refractivity contribution in [3.05, 3.63) is 42.9 Å². The lowest BCUT2D eigenvalue weighted by Gasteiger charge is -2.20. The van der Waals surface area contributed by atoms with Gasteiger partial charge in [0.1, 0.15) is 0 Å². The number of anilines is 2. The topological polar surface area (TPSA) is 46.0 Å². The molecule has 1 fully saturated rings. The number of pyridine rings is 1. The Balaban J connectivity index is 1.71. The number of rotatable bonds is 5. The van der Waals surface area contributed by atoms with Crippen molar-refractivity contribution in [2.24, 2.45) is 0 Å². The summed E-state index contributed by atoms with van der Waals surface area (Å²) in [6, 6.07) is 4.05. The molecule has 1 N–H and O–H groups in total. The first-order valence-electron chi connectivity index (χ1n) is 6.96. The van der Waals surface area contributed by atoms with E-state index in [4.69, 9.17) is 0 Å². The van der Waals surface area contributed by atoms with Crippen LogP contribution in [-0.2, 0) is 6.54 Å². The van der Waals surface area contributed by atoms with Crippen molar-refractivity contribution in [2.45, 2.75) is 19.4 Å². The fraction of sp³-hybridized carbons (Fsp3) is 0.333. The second kappa shape index (κ2) is 5.77. The molecule has 0 amide bonds. The summed E-state index contributed by atoms with van der Waals surface area (Å²) in [5, 5.41) is 7.63. The molecule has 20 heavy (non-hydrogen) atoms. The van der Waals surface area contributed by atoms with Crippen molar-refractivity contribution >= 4 is 17.7 Å². The monoisotopic (exact) mass is 269 g/mol. The predicted molar refractivity (Wildman–Crippen MR) is 81.6 cm³/mol. The highest BCUT2D eigenvalue weighted by Gasteiger charge is 2.16. The lowest BCUT2D eigenvalue weighted by atomic mass is 10.3. The first kappa shape index (κ1) is 12.7. The van der Waals surface area contributed by atoms with Gasteiger partial charge in [0, 0.05) is 43.8 Å². The van der Waals surface area contributed by atoms with Gasteiger partial charge in [0.2, 0.25) is 0 Å². The van der Waals surface area contributed by atoms with E-state index in [-0.39, 0.29) is 0 Å². The van der Waals surface area contributed by atoms with Gasteiger partial charge in [0.05, 0.1) is 11.9 Å². The molecule has 0 atom stereocenters.